The molecule has 2 aromatic carbocycles. The van der Waals surface area contributed by atoms with Gasteiger partial charge < -0.3 is 10.5 Å². The third-order valence-electron chi connectivity index (χ3n) is 4.91. The number of likely N-dealkylation sites (tertiary alicyclic amines) is 1. The number of hydrogen-bond acceptors (Lipinski definition) is 3. The summed E-state index contributed by atoms with van der Waals surface area (Å²) in [6, 6.07) is 17.0. The molecule has 0 spiro atoms. The number of hydrogen-bond donors (Lipinski definition) is 1. The van der Waals surface area contributed by atoms with Crippen LogP contribution in [-0.2, 0) is 6.54 Å². The first-order valence-electron chi connectivity index (χ1n) is 8.28. The summed E-state index contributed by atoms with van der Waals surface area (Å²) in [6.07, 6.45) is 1.20. The summed E-state index contributed by atoms with van der Waals surface area (Å²) in [5.74, 6) is 0.915. The van der Waals surface area contributed by atoms with Crippen molar-refractivity contribution in [1.82, 2.24) is 4.90 Å². The van der Waals surface area contributed by atoms with E-state index in [1.165, 1.54) is 17.5 Å². The molecule has 3 rings (SSSR count). The first-order valence-corrected chi connectivity index (χ1v) is 8.28. The Kier molecular flexibility index (Phi) is 6.27. The highest BCUT2D eigenvalue weighted by molar-refractivity contribution is 5.85. The predicted molar refractivity (Wildman–Crippen MR) is 103 cm³/mol. The second-order valence-electron chi connectivity index (χ2n) is 6.87. The maximum Gasteiger partial charge on any atom is 0.126 e. The van der Waals surface area contributed by atoms with Crippen LogP contribution in [-0.4, -0.2) is 31.6 Å². The zero-order valence-corrected chi connectivity index (χ0v) is 15.3. The zero-order valence-electron chi connectivity index (χ0n) is 14.5. The third-order valence-corrected chi connectivity index (χ3v) is 4.91. The molecule has 1 unspecified atom stereocenters. The molecule has 0 bridgehead atoms. The van der Waals surface area contributed by atoms with E-state index in [4.69, 9.17) is 10.5 Å². The van der Waals surface area contributed by atoms with Gasteiger partial charge >= 0.3 is 0 Å². The number of benzene rings is 2. The van der Waals surface area contributed by atoms with E-state index < -0.39 is 0 Å². The smallest absolute Gasteiger partial charge is 0.126 e. The molecule has 0 amide bonds. The molecule has 24 heavy (non-hydrogen) atoms. The van der Waals surface area contributed by atoms with Gasteiger partial charge in [-0.15, -0.1) is 12.4 Å². The van der Waals surface area contributed by atoms with Gasteiger partial charge in [0.1, 0.15) is 5.75 Å². The van der Waals surface area contributed by atoms with Crippen LogP contribution in [0.4, 0.5) is 0 Å². The molecule has 130 valence electrons. The molecule has 4 heteroatoms. The first-order chi connectivity index (χ1) is 11.1. The van der Waals surface area contributed by atoms with Crippen molar-refractivity contribution in [2.24, 2.45) is 11.1 Å². The summed E-state index contributed by atoms with van der Waals surface area (Å²) in [6.45, 7) is 6.30. The average molecular weight is 347 g/mol. The van der Waals surface area contributed by atoms with Crippen molar-refractivity contribution in [1.29, 1.82) is 0 Å². The van der Waals surface area contributed by atoms with Crippen LogP contribution in [0.2, 0.25) is 0 Å². The quantitative estimate of drug-likeness (QED) is 0.890. The summed E-state index contributed by atoms with van der Waals surface area (Å²) in [4.78, 5) is 2.50. The molecule has 1 atom stereocenters. The molecule has 0 radical (unpaired) electrons. The Morgan fingerprint density at radius 2 is 1.83 bits per heavy atom. The van der Waals surface area contributed by atoms with Crippen molar-refractivity contribution in [2.45, 2.75) is 19.9 Å². The zero-order chi connectivity index (χ0) is 16.3. The minimum Gasteiger partial charge on any atom is -0.496 e. The number of rotatable bonds is 5. The molecule has 0 aliphatic carbocycles. The lowest BCUT2D eigenvalue weighted by Gasteiger charge is -2.22. The van der Waals surface area contributed by atoms with Crippen LogP contribution in [0, 0.1) is 5.41 Å². The number of nitrogens with two attached hydrogens (primary N) is 1. The Morgan fingerprint density at radius 3 is 2.46 bits per heavy atom. The van der Waals surface area contributed by atoms with Gasteiger partial charge in [0.05, 0.1) is 7.11 Å². The van der Waals surface area contributed by atoms with Crippen LogP contribution < -0.4 is 10.5 Å². The lowest BCUT2D eigenvalue weighted by molar-refractivity contribution is 0.274. The molecule has 3 nitrogen and oxygen atoms in total. The second-order valence-corrected chi connectivity index (χ2v) is 6.87. The molecule has 1 fully saturated rings. The van der Waals surface area contributed by atoms with E-state index in [2.05, 4.69) is 42.2 Å². The van der Waals surface area contributed by atoms with E-state index in [-0.39, 0.29) is 17.8 Å². The lowest BCUT2D eigenvalue weighted by atomic mass is 9.90. The van der Waals surface area contributed by atoms with Crippen molar-refractivity contribution in [3.63, 3.8) is 0 Å². The number of para-hydroxylation sites is 1. The molecule has 2 N–H and O–H groups in total. The number of halogens is 1. The van der Waals surface area contributed by atoms with E-state index in [9.17, 15) is 0 Å². The molecule has 1 saturated heterocycles. The average Bonchev–Trinajstić information content (AvgIpc) is 2.97. The monoisotopic (exact) mass is 346 g/mol. The van der Waals surface area contributed by atoms with Gasteiger partial charge in [-0.1, -0.05) is 49.4 Å². The largest absolute Gasteiger partial charge is 0.496 e. The van der Waals surface area contributed by atoms with Crippen LogP contribution in [0.5, 0.6) is 5.75 Å². The van der Waals surface area contributed by atoms with Gasteiger partial charge in [-0.05, 0) is 42.1 Å². The minimum absolute atomic E-state index is 0. The summed E-state index contributed by atoms with van der Waals surface area (Å²) in [5.41, 5.74) is 9.87. The second kappa shape index (κ2) is 8.02. The Morgan fingerprint density at radius 1 is 1.12 bits per heavy atom. The van der Waals surface area contributed by atoms with Crippen LogP contribution in [0.25, 0.3) is 11.1 Å². The van der Waals surface area contributed by atoms with E-state index >= 15 is 0 Å². The molecular weight excluding hydrogens is 320 g/mol. The Labute approximate surface area is 151 Å². The normalized spacial score (nSPS) is 20.6. The standard InChI is InChI=1S/C20H26N2O.ClH/c1-20(14-21)11-12-22(15-20)13-16-7-9-17(10-8-16)18-5-3-4-6-19(18)23-2;/h3-10H,11-15,21H2,1-2H3;1H. The van der Waals surface area contributed by atoms with Crippen LogP contribution in [0.15, 0.2) is 48.5 Å². The van der Waals surface area contributed by atoms with Gasteiger partial charge in [0, 0.05) is 18.7 Å². The summed E-state index contributed by atoms with van der Waals surface area (Å²) < 4.78 is 5.45. The van der Waals surface area contributed by atoms with Gasteiger partial charge in [-0.3, -0.25) is 4.90 Å². The van der Waals surface area contributed by atoms with Crippen molar-refractivity contribution in [3.05, 3.63) is 54.1 Å². The van der Waals surface area contributed by atoms with E-state index in [0.29, 0.717) is 0 Å². The Hall–Kier alpha value is -1.55. The number of ether oxygens (including phenoxy) is 1. The van der Waals surface area contributed by atoms with Crippen LogP contribution in [0.3, 0.4) is 0 Å². The minimum atomic E-state index is 0. The fraction of sp³-hybridized carbons (Fsp3) is 0.400. The molecule has 1 heterocycles. The summed E-state index contributed by atoms with van der Waals surface area (Å²) in [7, 11) is 1.72. The lowest BCUT2D eigenvalue weighted by Crippen LogP contribution is -2.31. The van der Waals surface area contributed by atoms with E-state index in [1.807, 2.05) is 18.2 Å². The fourth-order valence-electron chi connectivity index (χ4n) is 3.36. The molecule has 1 aliphatic rings. The van der Waals surface area contributed by atoms with Gasteiger partial charge in [0.15, 0.2) is 0 Å². The first kappa shape index (κ1) is 18.8. The van der Waals surface area contributed by atoms with Crippen molar-refractivity contribution in [2.75, 3.05) is 26.7 Å². The highest BCUT2D eigenvalue weighted by Gasteiger charge is 2.32. The Bertz CT molecular complexity index is 659. The summed E-state index contributed by atoms with van der Waals surface area (Å²) >= 11 is 0. The maximum absolute atomic E-state index is 5.90. The van der Waals surface area contributed by atoms with Gasteiger partial charge in [0.2, 0.25) is 0 Å². The molecule has 0 aromatic heterocycles. The highest BCUT2D eigenvalue weighted by Crippen LogP contribution is 2.31. The van der Waals surface area contributed by atoms with E-state index in [0.717, 1.165) is 37.5 Å². The van der Waals surface area contributed by atoms with Crippen LogP contribution in [0.1, 0.15) is 18.9 Å². The third kappa shape index (κ3) is 4.10. The highest BCUT2D eigenvalue weighted by atomic mass is 35.5. The maximum atomic E-state index is 5.90. The Balaban J connectivity index is 0.00000208. The topological polar surface area (TPSA) is 38.5 Å². The van der Waals surface area contributed by atoms with Gasteiger partial charge in [0.25, 0.3) is 0 Å². The van der Waals surface area contributed by atoms with Crippen LogP contribution >= 0.6 is 12.4 Å². The van der Waals surface area contributed by atoms with E-state index in [1.54, 1.807) is 7.11 Å². The number of nitrogens with zero attached hydrogens (tertiary/aromatic N) is 1. The summed E-state index contributed by atoms with van der Waals surface area (Å²) in [5, 5.41) is 0. The van der Waals surface area contributed by atoms with Crippen molar-refractivity contribution >= 4 is 12.4 Å². The van der Waals surface area contributed by atoms with Crippen molar-refractivity contribution in [3.8, 4) is 16.9 Å². The van der Waals surface area contributed by atoms with Gasteiger partial charge in [-0.2, -0.15) is 0 Å². The molecular formula is C20H27ClN2O. The SMILES string of the molecule is COc1ccccc1-c1ccc(CN2CCC(C)(CN)C2)cc1.Cl. The predicted octanol–water partition coefficient (Wildman–Crippen LogP) is 3.95. The molecule has 2 aromatic rings. The molecule has 1 aliphatic heterocycles. The fourth-order valence-corrected chi connectivity index (χ4v) is 3.36. The number of methoxy groups -OCH3 is 1. The van der Waals surface area contributed by atoms with Crippen molar-refractivity contribution < 1.29 is 4.74 Å². The molecule has 0 saturated carbocycles. The van der Waals surface area contributed by atoms with Gasteiger partial charge in [-0.25, -0.2) is 0 Å².